The van der Waals surface area contributed by atoms with Crippen LogP contribution in [0.1, 0.15) is 21.7 Å². The van der Waals surface area contributed by atoms with Gasteiger partial charge in [0, 0.05) is 10.7 Å². The number of carbonyl (C=O) groups excluding carboxylic acids is 1. The molecule has 0 aliphatic rings. The molecular weight excluding hydrogens is 423 g/mol. The molecular formula is C21H16BrFN4O. The van der Waals surface area contributed by atoms with Gasteiger partial charge in [-0.3, -0.25) is 4.79 Å². The van der Waals surface area contributed by atoms with Gasteiger partial charge in [-0.1, -0.05) is 24.3 Å². The summed E-state index contributed by atoms with van der Waals surface area (Å²) in [5.74, 6) is 0.206. The number of amides is 1. The molecule has 0 saturated heterocycles. The lowest BCUT2D eigenvalue weighted by molar-refractivity contribution is 0.0949. The number of nitrogens with zero attached hydrogens (tertiary/aromatic N) is 3. The normalized spacial score (nSPS) is 10.9. The highest BCUT2D eigenvalue weighted by Gasteiger charge is 2.15. The minimum Gasteiger partial charge on any atom is -0.345 e. The van der Waals surface area contributed by atoms with Crippen LogP contribution in [0, 0.1) is 5.82 Å². The Morgan fingerprint density at radius 2 is 1.86 bits per heavy atom. The van der Waals surface area contributed by atoms with Crippen molar-refractivity contribution in [1.29, 1.82) is 0 Å². The minimum absolute atomic E-state index is 0.194. The van der Waals surface area contributed by atoms with E-state index in [0.29, 0.717) is 17.9 Å². The lowest BCUT2D eigenvalue weighted by Crippen LogP contribution is -2.25. The predicted octanol–water partition coefficient (Wildman–Crippen LogP) is 4.31. The first-order chi connectivity index (χ1) is 13.6. The number of hydrogen-bond donors (Lipinski definition) is 1. The van der Waals surface area contributed by atoms with Crippen molar-refractivity contribution >= 4 is 33.0 Å². The molecule has 28 heavy (non-hydrogen) atoms. The predicted molar refractivity (Wildman–Crippen MR) is 108 cm³/mol. The first-order valence-corrected chi connectivity index (χ1v) is 9.48. The summed E-state index contributed by atoms with van der Waals surface area (Å²) in [4.78, 5) is 21.6. The van der Waals surface area contributed by atoms with Gasteiger partial charge >= 0.3 is 0 Å². The van der Waals surface area contributed by atoms with Gasteiger partial charge in [0.1, 0.15) is 17.2 Å². The fourth-order valence-corrected chi connectivity index (χ4v) is 3.44. The largest absolute Gasteiger partial charge is 0.345 e. The molecule has 4 rings (SSSR count). The summed E-state index contributed by atoms with van der Waals surface area (Å²) >= 11 is 3.39. The molecule has 4 aromatic rings. The number of hydrogen-bond acceptors (Lipinski definition) is 3. The highest BCUT2D eigenvalue weighted by Crippen LogP contribution is 2.18. The van der Waals surface area contributed by atoms with Crippen molar-refractivity contribution < 1.29 is 9.18 Å². The smallest absolute Gasteiger partial charge is 0.252 e. The maximum absolute atomic E-state index is 13.2. The summed E-state index contributed by atoms with van der Waals surface area (Å²) in [6, 6.07) is 17.3. The number of pyridine rings is 1. The van der Waals surface area contributed by atoms with E-state index < -0.39 is 0 Å². The molecule has 2 heterocycles. The van der Waals surface area contributed by atoms with Gasteiger partial charge in [-0.2, -0.15) is 0 Å². The Bertz CT molecular complexity index is 1140. The Morgan fingerprint density at radius 3 is 2.64 bits per heavy atom. The second-order valence-corrected chi connectivity index (χ2v) is 7.10. The van der Waals surface area contributed by atoms with Gasteiger partial charge in [-0.25, -0.2) is 14.4 Å². The molecule has 0 atom stereocenters. The molecule has 0 saturated carbocycles. The van der Waals surface area contributed by atoms with Crippen LogP contribution in [0.15, 0.2) is 71.3 Å². The Kier molecular flexibility index (Phi) is 5.16. The van der Waals surface area contributed by atoms with E-state index in [0.717, 1.165) is 21.2 Å². The van der Waals surface area contributed by atoms with Crippen molar-refractivity contribution in [2.45, 2.75) is 13.1 Å². The van der Waals surface area contributed by atoms with Gasteiger partial charge in [0.25, 0.3) is 5.91 Å². The average molecular weight is 439 g/mol. The Balaban J connectivity index is 1.62. The molecule has 1 N–H and O–H groups in total. The average Bonchev–Trinajstić information content (AvgIpc) is 3.06. The Labute approximate surface area is 169 Å². The van der Waals surface area contributed by atoms with Crippen molar-refractivity contribution in [3.8, 4) is 0 Å². The summed E-state index contributed by atoms with van der Waals surface area (Å²) in [5.41, 5.74) is 2.94. The van der Waals surface area contributed by atoms with Gasteiger partial charge < -0.3 is 9.88 Å². The van der Waals surface area contributed by atoms with Gasteiger partial charge in [-0.05, 0) is 57.9 Å². The van der Waals surface area contributed by atoms with E-state index >= 15 is 0 Å². The van der Waals surface area contributed by atoms with E-state index in [1.165, 1.54) is 12.1 Å². The molecule has 2 aromatic carbocycles. The van der Waals surface area contributed by atoms with Crippen LogP contribution in [-0.2, 0) is 13.1 Å². The minimum atomic E-state index is -0.279. The summed E-state index contributed by atoms with van der Waals surface area (Å²) < 4.78 is 15.9. The summed E-state index contributed by atoms with van der Waals surface area (Å²) in [6.07, 6.45) is 1.70. The van der Waals surface area contributed by atoms with E-state index in [4.69, 9.17) is 0 Å². The molecule has 0 fully saturated rings. The summed E-state index contributed by atoms with van der Waals surface area (Å²) in [5, 5.41) is 2.91. The van der Waals surface area contributed by atoms with Gasteiger partial charge in [0.2, 0.25) is 0 Å². The molecule has 140 valence electrons. The molecule has 0 bridgehead atoms. The van der Waals surface area contributed by atoms with Crippen LogP contribution in [0.4, 0.5) is 4.39 Å². The van der Waals surface area contributed by atoms with E-state index in [1.807, 2.05) is 34.9 Å². The van der Waals surface area contributed by atoms with Gasteiger partial charge in [0.05, 0.1) is 18.7 Å². The highest BCUT2D eigenvalue weighted by atomic mass is 79.9. The molecule has 0 aliphatic heterocycles. The van der Waals surface area contributed by atoms with E-state index in [9.17, 15) is 9.18 Å². The standard InChI is InChI=1S/C21H16BrFN4O/c22-17-5-2-1-4-16(17)21(28)25-12-19-26-18-6-3-11-24-20(18)27(19)13-14-7-9-15(23)10-8-14/h1-11H,12-13H2,(H,25,28). The molecule has 5 nitrogen and oxygen atoms in total. The third-order valence-corrected chi connectivity index (χ3v) is 5.05. The van der Waals surface area contributed by atoms with Gasteiger partial charge in [0.15, 0.2) is 5.65 Å². The van der Waals surface area contributed by atoms with Crippen LogP contribution in [0.2, 0.25) is 0 Å². The second kappa shape index (κ2) is 7.90. The van der Waals surface area contributed by atoms with E-state index in [2.05, 4.69) is 31.2 Å². The number of halogens is 2. The number of carbonyl (C=O) groups is 1. The topological polar surface area (TPSA) is 59.8 Å². The fraction of sp³-hybridized carbons (Fsp3) is 0.0952. The van der Waals surface area contributed by atoms with Crippen molar-refractivity contribution in [2.75, 3.05) is 0 Å². The highest BCUT2D eigenvalue weighted by molar-refractivity contribution is 9.10. The van der Waals surface area contributed by atoms with Crippen molar-refractivity contribution in [1.82, 2.24) is 19.9 Å². The molecule has 0 radical (unpaired) electrons. The summed E-state index contributed by atoms with van der Waals surface area (Å²) in [6.45, 7) is 0.728. The monoisotopic (exact) mass is 438 g/mol. The van der Waals surface area contributed by atoms with E-state index in [-0.39, 0.29) is 18.3 Å². The van der Waals surface area contributed by atoms with Crippen LogP contribution in [0.25, 0.3) is 11.2 Å². The molecule has 1 amide bonds. The van der Waals surface area contributed by atoms with E-state index in [1.54, 1.807) is 24.4 Å². The fourth-order valence-electron chi connectivity index (χ4n) is 2.98. The van der Waals surface area contributed by atoms with Gasteiger partial charge in [-0.15, -0.1) is 0 Å². The van der Waals surface area contributed by atoms with Crippen LogP contribution in [0.3, 0.4) is 0 Å². The van der Waals surface area contributed by atoms with Crippen molar-refractivity contribution in [3.05, 3.63) is 94.1 Å². The zero-order valence-electron chi connectivity index (χ0n) is 14.8. The number of nitrogens with one attached hydrogen (secondary N) is 1. The maximum atomic E-state index is 13.2. The quantitative estimate of drug-likeness (QED) is 0.504. The second-order valence-electron chi connectivity index (χ2n) is 6.25. The SMILES string of the molecule is O=C(NCc1nc2cccnc2n1Cc1ccc(F)cc1)c1ccccc1Br. The number of benzene rings is 2. The number of imidazole rings is 1. The third-order valence-electron chi connectivity index (χ3n) is 4.36. The summed E-state index contributed by atoms with van der Waals surface area (Å²) in [7, 11) is 0. The van der Waals surface area contributed by atoms with Crippen molar-refractivity contribution in [2.24, 2.45) is 0 Å². The Hall–Kier alpha value is -3.06. The molecule has 0 spiro atoms. The number of rotatable bonds is 5. The number of fused-ring (bicyclic) bond motifs is 1. The third kappa shape index (κ3) is 3.80. The first kappa shape index (κ1) is 18.3. The zero-order chi connectivity index (χ0) is 19.5. The zero-order valence-corrected chi connectivity index (χ0v) is 16.4. The molecule has 7 heteroatoms. The molecule has 0 aliphatic carbocycles. The van der Waals surface area contributed by atoms with Crippen LogP contribution < -0.4 is 5.32 Å². The first-order valence-electron chi connectivity index (χ1n) is 8.69. The van der Waals surface area contributed by atoms with Crippen LogP contribution >= 0.6 is 15.9 Å². The van der Waals surface area contributed by atoms with Crippen molar-refractivity contribution in [3.63, 3.8) is 0 Å². The maximum Gasteiger partial charge on any atom is 0.252 e. The lowest BCUT2D eigenvalue weighted by atomic mass is 10.2. The number of aromatic nitrogens is 3. The molecule has 0 unspecified atom stereocenters. The van der Waals surface area contributed by atoms with Crippen LogP contribution in [0.5, 0.6) is 0 Å². The molecule has 2 aromatic heterocycles. The lowest BCUT2D eigenvalue weighted by Gasteiger charge is -2.10. The Morgan fingerprint density at radius 1 is 1.07 bits per heavy atom. The van der Waals surface area contributed by atoms with Crippen LogP contribution in [-0.4, -0.2) is 20.4 Å².